The molecule has 0 saturated heterocycles. The van der Waals surface area contributed by atoms with E-state index in [4.69, 9.17) is 9.47 Å². The summed E-state index contributed by atoms with van der Waals surface area (Å²) in [6.07, 6.45) is 0.922. The first kappa shape index (κ1) is 14.2. The number of ether oxygens (including phenoxy) is 2. The van der Waals surface area contributed by atoms with Crippen LogP contribution in [0.15, 0.2) is 66.4 Å². The monoisotopic (exact) mass is 296 g/mol. The third-order valence-corrected chi connectivity index (χ3v) is 3.40. The minimum Gasteiger partial charge on any atom is -0.512 e. The molecule has 3 rings (SSSR count). The standard InChI is InChI=1S/C18H16O4/c19-15-10-17(22-18(20)11-15)12-21-16-8-6-14(7-9-16)13-4-2-1-3-5-13/h1-9,11,17,19H,10,12H2. The van der Waals surface area contributed by atoms with Crippen LogP contribution in [0.3, 0.4) is 0 Å². The molecule has 1 heterocycles. The topological polar surface area (TPSA) is 55.8 Å². The third kappa shape index (κ3) is 3.47. The number of cyclic esters (lactones) is 1. The highest BCUT2D eigenvalue weighted by Gasteiger charge is 2.21. The first-order valence-electron chi connectivity index (χ1n) is 7.09. The summed E-state index contributed by atoms with van der Waals surface area (Å²) >= 11 is 0. The van der Waals surface area contributed by atoms with E-state index in [9.17, 15) is 9.90 Å². The van der Waals surface area contributed by atoms with Crippen LogP contribution < -0.4 is 4.74 Å². The molecule has 4 nitrogen and oxygen atoms in total. The van der Waals surface area contributed by atoms with Crippen LogP contribution in [0.25, 0.3) is 11.1 Å². The second kappa shape index (κ2) is 6.35. The molecule has 1 N–H and O–H groups in total. The highest BCUT2D eigenvalue weighted by atomic mass is 16.6. The van der Waals surface area contributed by atoms with Crippen LogP contribution in [0.4, 0.5) is 0 Å². The molecule has 2 aromatic carbocycles. The van der Waals surface area contributed by atoms with Gasteiger partial charge in [-0.05, 0) is 23.3 Å². The molecule has 0 radical (unpaired) electrons. The van der Waals surface area contributed by atoms with E-state index in [0.29, 0.717) is 5.75 Å². The molecule has 1 unspecified atom stereocenters. The van der Waals surface area contributed by atoms with Crippen LogP contribution in [0.2, 0.25) is 0 Å². The Kier molecular flexibility index (Phi) is 4.10. The Morgan fingerprint density at radius 3 is 2.41 bits per heavy atom. The van der Waals surface area contributed by atoms with Crippen molar-refractivity contribution in [2.75, 3.05) is 6.61 Å². The van der Waals surface area contributed by atoms with Crippen molar-refractivity contribution in [3.63, 3.8) is 0 Å². The number of benzene rings is 2. The highest BCUT2D eigenvalue weighted by molar-refractivity contribution is 5.83. The van der Waals surface area contributed by atoms with Crippen LogP contribution in [0, 0.1) is 0 Å². The molecule has 0 aromatic heterocycles. The van der Waals surface area contributed by atoms with E-state index in [2.05, 4.69) is 0 Å². The number of aliphatic hydroxyl groups excluding tert-OH is 1. The SMILES string of the molecule is O=C1C=C(O)CC(COc2ccc(-c3ccccc3)cc2)O1. The van der Waals surface area contributed by atoms with Gasteiger partial charge in [0.05, 0.1) is 6.08 Å². The van der Waals surface area contributed by atoms with Crippen molar-refractivity contribution in [2.24, 2.45) is 0 Å². The summed E-state index contributed by atoms with van der Waals surface area (Å²) in [4.78, 5) is 11.2. The van der Waals surface area contributed by atoms with Gasteiger partial charge in [-0.1, -0.05) is 42.5 Å². The summed E-state index contributed by atoms with van der Waals surface area (Å²) in [7, 11) is 0. The van der Waals surface area contributed by atoms with Crippen molar-refractivity contribution in [3.8, 4) is 16.9 Å². The summed E-state index contributed by atoms with van der Waals surface area (Å²) in [5.74, 6) is 0.200. The predicted molar refractivity (Wildman–Crippen MR) is 82.6 cm³/mol. The molecule has 1 aliphatic rings. The van der Waals surface area contributed by atoms with Gasteiger partial charge < -0.3 is 14.6 Å². The maximum atomic E-state index is 11.2. The van der Waals surface area contributed by atoms with Gasteiger partial charge in [-0.15, -0.1) is 0 Å². The van der Waals surface area contributed by atoms with Gasteiger partial charge in [0.2, 0.25) is 0 Å². The van der Waals surface area contributed by atoms with E-state index in [1.54, 1.807) is 0 Å². The van der Waals surface area contributed by atoms with E-state index >= 15 is 0 Å². The van der Waals surface area contributed by atoms with Crippen molar-refractivity contribution in [1.29, 1.82) is 0 Å². The third-order valence-electron chi connectivity index (χ3n) is 3.40. The van der Waals surface area contributed by atoms with Gasteiger partial charge in [0.1, 0.15) is 24.2 Å². The number of carbonyl (C=O) groups is 1. The molecule has 112 valence electrons. The fourth-order valence-electron chi connectivity index (χ4n) is 2.32. The Balaban J connectivity index is 1.60. The lowest BCUT2D eigenvalue weighted by Crippen LogP contribution is -2.28. The molecule has 0 bridgehead atoms. The first-order chi connectivity index (χ1) is 10.7. The number of aliphatic hydroxyl groups is 1. The van der Waals surface area contributed by atoms with Crippen LogP contribution in [-0.4, -0.2) is 23.8 Å². The largest absolute Gasteiger partial charge is 0.512 e. The number of rotatable bonds is 4. The zero-order valence-electron chi connectivity index (χ0n) is 11.9. The quantitative estimate of drug-likeness (QED) is 0.877. The summed E-state index contributed by atoms with van der Waals surface area (Å²) in [5.41, 5.74) is 2.25. The number of carbonyl (C=O) groups excluding carboxylic acids is 1. The van der Waals surface area contributed by atoms with Crippen LogP contribution >= 0.6 is 0 Å². The van der Waals surface area contributed by atoms with E-state index in [-0.39, 0.29) is 18.8 Å². The maximum Gasteiger partial charge on any atom is 0.334 e. The van der Waals surface area contributed by atoms with Crippen molar-refractivity contribution in [1.82, 2.24) is 0 Å². The lowest BCUT2D eigenvalue weighted by Gasteiger charge is -2.20. The second-order valence-corrected chi connectivity index (χ2v) is 5.10. The maximum absolute atomic E-state index is 11.2. The molecule has 0 spiro atoms. The zero-order valence-corrected chi connectivity index (χ0v) is 11.9. The van der Waals surface area contributed by atoms with E-state index < -0.39 is 12.1 Å². The molecule has 1 atom stereocenters. The number of hydrogen-bond acceptors (Lipinski definition) is 4. The smallest absolute Gasteiger partial charge is 0.334 e. The molecule has 4 heteroatoms. The fraction of sp³-hybridized carbons (Fsp3) is 0.167. The average Bonchev–Trinajstić information content (AvgIpc) is 2.53. The second-order valence-electron chi connectivity index (χ2n) is 5.10. The Hall–Kier alpha value is -2.75. The minimum absolute atomic E-state index is 0.0317. The fourth-order valence-corrected chi connectivity index (χ4v) is 2.32. The normalized spacial score (nSPS) is 17.5. The van der Waals surface area contributed by atoms with Gasteiger partial charge >= 0.3 is 5.97 Å². The summed E-state index contributed by atoms with van der Waals surface area (Å²) in [6.45, 7) is 0.217. The van der Waals surface area contributed by atoms with Crippen molar-refractivity contribution in [2.45, 2.75) is 12.5 Å². The molecule has 1 aliphatic heterocycles. The first-order valence-corrected chi connectivity index (χ1v) is 7.09. The van der Waals surface area contributed by atoms with Crippen LogP contribution in [0.1, 0.15) is 6.42 Å². The lowest BCUT2D eigenvalue weighted by atomic mass is 10.1. The van der Waals surface area contributed by atoms with Gasteiger partial charge in [0, 0.05) is 6.42 Å². The number of esters is 1. The molecule has 2 aromatic rings. The molecule has 0 fully saturated rings. The predicted octanol–water partition coefficient (Wildman–Crippen LogP) is 3.49. The van der Waals surface area contributed by atoms with E-state index in [1.165, 1.54) is 0 Å². The average molecular weight is 296 g/mol. The molecule has 0 amide bonds. The summed E-state index contributed by atoms with van der Waals surface area (Å²) in [6, 6.07) is 17.8. The highest BCUT2D eigenvalue weighted by Crippen LogP contribution is 2.22. The Bertz CT molecular complexity index is 674. The van der Waals surface area contributed by atoms with Gasteiger partial charge in [-0.3, -0.25) is 0 Å². The van der Waals surface area contributed by atoms with E-state index in [0.717, 1.165) is 17.2 Å². The van der Waals surface area contributed by atoms with Gasteiger partial charge in [-0.2, -0.15) is 0 Å². The van der Waals surface area contributed by atoms with Crippen LogP contribution in [0.5, 0.6) is 5.75 Å². The van der Waals surface area contributed by atoms with Crippen molar-refractivity contribution >= 4 is 5.97 Å². The minimum atomic E-state index is -0.531. The van der Waals surface area contributed by atoms with Gasteiger partial charge in [0.25, 0.3) is 0 Å². The van der Waals surface area contributed by atoms with Crippen LogP contribution in [-0.2, 0) is 9.53 Å². The van der Waals surface area contributed by atoms with E-state index in [1.807, 2.05) is 54.6 Å². The molecular formula is C18H16O4. The number of hydrogen-bond donors (Lipinski definition) is 1. The van der Waals surface area contributed by atoms with Gasteiger partial charge in [-0.25, -0.2) is 4.79 Å². The van der Waals surface area contributed by atoms with Crippen molar-refractivity contribution < 1.29 is 19.4 Å². The molecular weight excluding hydrogens is 280 g/mol. The summed E-state index contributed by atoms with van der Waals surface area (Å²) < 4.78 is 10.7. The Morgan fingerprint density at radius 1 is 1.05 bits per heavy atom. The summed E-state index contributed by atoms with van der Waals surface area (Å²) in [5, 5.41) is 9.41. The Morgan fingerprint density at radius 2 is 1.73 bits per heavy atom. The Labute approximate surface area is 128 Å². The zero-order chi connectivity index (χ0) is 15.4. The molecule has 0 aliphatic carbocycles. The molecule has 0 saturated carbocycles. The van der Waals surface area contributed by atoms with Crippen molar-refractivity contribution in [3.05, 3.63) is 66.4 Å². The lowest BCUT2D eigenvalue weighted by molar-refractivity contribution is -0.146. The molecule has 22 heavy (non-hydrogen) atoms. The van der Waals surface area contributed by atoms with Gasteiger partial charge in [0.15, 0.2) is 0 Å².